The lowest BCUT2D eigenvalue weighted by Crippen LogP contribution is -2.48. The van der Waals surface area contributed by atoms with E-state index in [1.165, 1.54) is 0 Å². The highest BCUT2D eigenvalue weighted by molar-refractivity contribution is 9.10. The molecule has 8 nitrogen and oxygen atoms in total. The largest absolute Gasteiger partial charge is 0.481 e. The highest BCUT2D eigenvalue weighted by Gasteiger charge is 2.16. The predicted molar refractivity (Wildman–Crippen MR) is 111 cm³/mol. The van der Waals surface area contributed by atoms with E-state index in [4.69, 9.17) is 4.74 Å². The Morgan fingerprint density at radius 3 is 2.59 bits per heavy atom. The lowest BCUT2D eigenvalue weighted by molar-refractivity contribution is -0.133. The zero-order chi connectivity index (χ0) is 21.0. The Balaban J connectivity index is 1.60. The molecule has 0 aliphatic rings. The summed E-state index contributed by atoms with van der Waals surface area (Å²) in [6.07, 6.45) is -0.839. The molecule has 150 valence electrons. The first-order valence-electron chi connectivity index (χ1n) is 8.82. The topological polar surface area (TPSA) is 102 Å². The number of halogens is 1. The third-order valence-corrected chi connectivity index (χ3v) is 4.64. The van der Waals surface area contributed by atoms with Crippen LogP contribution in [0.2, 0.25) is 0 Å². The first kappa shape index (κ1) is 20.5. The number of carbonyl (C=O) groups is 2. The summed E-state index contributed by atoms with van der Waals surface area (Å²) in [7, 11) is 0. The second-order valence-corrected chi connectivity index (χ2v) is 7.26. The quantitative estimate of drug-likeness (QED) is 0.569. The molecule has 0 saturated heterocycles. The van der Waals surface area contributed by atoms with E-state index >= 15 is 0 Å². The summed E-state index contributed by atoms with van der Waals surface area (Å²) >= 11 is 3.32. The van der Waals surface area contributed by atoms with Crippen molar-refractivity contribution in [3.8, 4) is 5.75 Å². The van der Waals surface area contributed by atoms with Gasteiger partial charge in [0, 0.05) is 9.86 Å². The van der Waals surface area contributed by atoms with Crippen molar-refractivity contribution in [1.82, 2.24) is 20.6 Å². The summed E-state index contributed by atoms with van der Waals surface area (Å²) in [4.78, 5) is 36.8. The Morgan fingerprint density at radius 1 is 1.14 bits per heavy atom. The molecule has 0 aliphatic carbocycles. The number of hydrogen-bond donors (Lipinski definition) is 2. The number of fused-ring (bicyclic) bond motifs is 1. The number of hydrogen-bond acceptors (Lipinski definition) is 5. The van der Waals surface area contributed by atoms with Crippen molar-refractivity contribution in [1.29, 1.82) is 0 Å². The van der Waals surface area contributed by atoms with E-state index < -0.39 is 17.9 Å². The highest BCUT2D eigenvalue weighted by atomic mass is 79.9. The van der Waals surface area contributed by atoms with Crippen LogP contribution in [0.25, 0.3) is 10.8 Å². The van der Waals surface area contributed by atoms with Crippen LogP contribution in [-0.4, -0.2) is 27.7 Å². The van der Waals surface area contributed by atoms with Gasteiger partial charge in [0.15, 0.2) is 6.10 Å². The van der Waals surface area contributed by atoms with Gasteiger partial charge in [-0.05, 0) is 38.1 Å². The fourth-order valence-corrected chi connectivity index (χ4v) is 3.10. The average molecular weight is 459 g/mol. The second kappa shape index (κ2) is 8.87. The van der Waals surface area contributed by atoms with Gasteiger partial charge in [-0.2, -0.15) is 5.10 Å². The first-order valence-corrected chi connectivity index (χ1v) is 9.62. The minimum absolute atomic E-state index is 0.328. The van der Waals surface area contributed by atoms with Gasteiger partial charge >= 0.3 is 0 Å². The van der Waals surface area contributed by atoms with E-state index in [1.807, 2.05) is 12.1 Å². The number of ether oxygens (including phenoxy) is 1. The number of benzene rings is 2. The zero-order valence-electron chi connectivity index (χ0n) is 15.8. The van der Waals surface area contributed by atoms with Crippen molar-refractivity contribution < 1.29 is 14.3 Å². The summed E-state index contributed by atoms with van der Waals surface area (Å²) in [5.74, 6) is -0.610. The molecule has 1 heterocycles. The van der Waals surface area contributed by atoms with Gasteiger partial charge in [-0.15, -0.1) is 0 Å². The lowest BCUT2D eigenvalue weighted by atomic mass is 10.1. The molecule has 3 rings (SSSR count). The molecule has 29 heavy (non-hydrogen) atoms. The van der Waals surface area contributed by atoms with Crippen LogP contribution in [0, 0.1) is 6.92 Å². The minimum Gasteiger partial charge on any atom is -0.481 e. The van der Waals surface area contributed by atoms with E-state index in [9.17, 15) is 14.4 Å². The van der Waals surface area contributed by atoms with Gasteiger partial charge in [-0.1, -0.05) is 40.2 Å². The van der Waals surface area contributed by atoms with Crippen LogP contribution in [0.5, 0.6) is 5.75 Å². The number of nitrogens with zero attached hydrogens (tertiary/aromatic N) is 2. The molecule has 2 N–H and O–H groups in total. The molecule has 0 aliphatic heterocycles. The van der Waals surface area contributed by atoms with E-state index in [-0.39, 0.29) is 12.1 Å². The van der Waals surface area contributed by atoms with Crippen LogP contribution in [0.1, 0.15) is 12.6 Å². The molecule has 9 heteroatoms. The van der Waals surface area contributed by atoms with Crippen LogP contribution >= 0.6 is 15.9 Å². The number of nitrogens with one attached hydrogen (secondary N) is 2. The number of hydrazine groups is 1. The SMILES string of the molecule is Cc1nn(CC(=O)NNC(=O)C(C)Oc2cccc(Br)c2)c(=O)c2ccccc12. The highest BCUT2D eigenvalue weighted by Crippen LogP contribution is 2.18. The monoisotopic (exact) mass is 458 g/mol. The zero-order valence-corrected chi connectivity index (χ0v) is 17.4. The maximum absolute atomic E-state index is 12.5. The third kappa shape index (κ3) is 5.00. The van der Waals surface area contributed by atoms with Gasteiger partial charge in [0.1, 0.15) is 12.3 Å². The summed E-state index contributed by atoms with van der Waals surface area (Å²) in [6.45, 7) is 2.99. The van der Waals surface area contributed by atoms with E-state index in [1.54, 1.807) is 50.2 Å². The molecule has 0 spiro atoms. The normalized spacial score (nSPS) is 11.7. The van der Waals surface area contributed by atoms with E-state index in [2.05, 4.69) is 31.9 Å². The molecule has 0 bridgehead atoms. The molecule has 1 atom stereocenters. The molecule has 1 unspecified atom stereocenters. The summed E-state index contributed by atoms with van der Waals surface area (Å²) in [6, 6.07) is 14.1. The Kier molecular flexibility index (Phi) is 6.28. The summed E-state index contributed by atoms with van der Waals surface area (Å²) in [5, 5.41) is 5.39. The van der Waals surface area contributed by atoms with Crippen molar-refractivity contribution in [2.75, 3.05) is 0 Å². The van der Waals surface area contributed by atoms with Crippen LogP contribution in [0.15, 0.2) is 57.8 Å². The molecule has 2 aromatic carbocycles. The first-order chi connectivity index (χ1) is 13.8. The maximum atomic E-state index is 12.5. The van der Waals surface area contributed by atoms with E-state index in [0.717, 1.165) is 14.5 Å². The summed E-state index contributed by atoms with van der Waals surface area (Å²) in [5.41, 5.74) is 4.82. The van der Waals surface area contributed by atoms with Crippen molar-refractivity contribution in [2.45, 2.75) is 26.5 Å². The molecule has 2 amide bonds. The van der Waals surface area contributed by atoms with Gasteiger partial charge in [0.05, 0.1) is 11.1 Å². The van der Waals surface area contributed by atoms with Crippen molar-refractivity contribution in [3.63, 3.8) is 0 Å². The van der Waals surface area contributed by atoms with Crippen LogP contribution < -0.4 is 21.1 Å². The molecule has 0 saturated carbocycles. The minimum atomic E-state index is -0.839. The van der Waals surface area contributed by atoms with Gasteiger partial charge in [0.25, 0.3) is 17.4 Å². The van der Waals surface area contributed by atoms with Crippen molar-refractivity contribution in [3.05, 3.63) is 69.1 Å². The number of rotatable bonds is 5. The fraction of sp³-hybridized carbons (Fsp3) is 0.200. The third-order valence-electron chi connectivity index (χ3n) is 4.15. The molecular weight excluding hydrogens is 440 g/mol. The van der Waals surface area contributed by atoms with Gasteiger partial charge in [0.2, 0.25) is 0 Å². The molecule has 3 aromatic rings. The molecule has 0 radical (unpaired) electrons. The van der Waals surface area contributed by atoms with Gasteiger partial charge < -0.3 is 4.74 Å². The molecule has 1 aromatic heterocycles. The van der Waals surface area contributed by atoms with Crippen LogP contribution in [0.3, 0.4) is 0 Å². The second-order valence-electron chi connectivity index (χ2n) is 6.35. The average Bonchev–Trinajstić information content (AvgIpc) is 2.70. The standard InChI is InChI=1S/C20H19BrN4O4/c1-12-16-8-3-4-9-17(16)20(28)25(24-12)11-18(26)22-23-19(27)13(2)29-15-7-5-6-14(21)10-15/h3-10,13H,11H2,1-2H3,(H,22,26)(H,23,27). The van der Waals surface area contributed by atoms with Crippen LogP contribution in [0.4, 0.5) is 0 Å². The van der Waals surface area contributed by atoms with Gasteiger partial charge in [-0.25, -0.2) is 4.68 Å². The fourth-order valence-electron chi connectivity index (χ4n) is 2.72. The smallest absolute Gasteiger partial charge is 0.279 e. The van der Waals surface area contributed by atoms with Crippen molar-refractivity contribution >= 4 is 38.5 Å². The Morgan fingerprint density at radius 2 is 1.86 bits per heavy atom. The Bertz CT molecular complexity index is 1130. The predicted octanol–water partition coefficient (Wildman–Crippen LogP) is 2.08. The number of aryl methyl sites for hydroxylation is 1. The Labute approximate surface area is 175 Å². The van der Waals surface area contributed by atoms with Crippen molar-refractivity contribution in [2.24, 2.45) is 0 Å². The molecular formula is C20H19BrN4O4. The summed E-state index contributed by atoms with van der Waals surface area (Å²) < 4.78 is 7.42. The lowest BCUT2D eigenvalue weighted by Gasteiger charge is -2.15. The number of carbonyl (C=O) groups excluding carboxylic acids is 2. The van der Waals surface area contributed by atoms with Crippen LogP contribution in [-0.2, 0) is 16.1 Å². The number of amides is 2. The Hall–Kier alpha value is -3.20. The van der Waals surface area contributed by atoms with E-state index in [0.29, 0.717) is 16.8 Å². The molecule has 0 fully saturated rings. The number of aromatic nitrogens is 2. The van der Waals surface area contributed by atoms with Gasteiger partial charge in [-0.3, -0.25) is 25.2 Å². The maximum Gasteiger partial charge on any atom is 0.279 e.